The van der Waals surface area contributed by atoms with Crippen molar-refractivity contribution >= 4 is 44.7 Å². The zero-order chi connectivity index (χ0) is 23.8. The Kier molecular flexibility index (Phi) is 6.84. The van der Waals surface area contributed by atoms with Crippen LogP contribution in [0.1, 0.15) is 13.0 Å². The van der Waals surface area contributed by atoms with Crippen LogP contribution in [0.3, 0.4) is 0 Å². The smallest absolute Gasteiger partial charge is 0.304 e. The molecule has 2 N–H and O–H groups in total. The van der Waals surface area contributed by atoms with Crippen molar-refractivity contribution in [3.8, 4) is 11.4 Å². The van der Waals surface area contributed by atoms with Crippen molar-refractivity contribution in [1.82, 2.24) is 25.0 Å². The Balaban J connectivity index is 1.50. The molecular weight excluding hydrogens is 498 g/mol. The number of methoxy groups -OCH3 is 2. The minimum Gasteiger partial charge on any atom is -0.391 e. The Morgan fingerprint density at radius 1 is 1.26 bits per heavy atom. The van der Waals surface area contributed by atoms with Gasteiger partial charge in [0.25, 0.3) is 0 Å². The van der Waals surface area contributed by atoms with E-state index in [1.165, 1.54) is 11.8 Å². The van der Waals surface area contributed by atoms with E-state index in [9.17, 15) is 9.90 Å². The number of H-pyrrole nitrogens is 1. The first kappa shape index (κ1) is 23.6. The second-order valence-corrected chi connectivity index (χ2v) is 10.7. The number of nitrogens with one attached hydrogen (secondary N) is 1. The van der Waals surface area contributed by atoms with Crippen molar-refractivity contribution in [3.63, 3.8) is 0 Å². The number of aromatic amines is 1. The average molecular weight is 522 g/mol. The molecule has 6 atom stereocenters. The Hall–Kier alpha value is -2.13. The van der Waals surface area contributed by atoms with Gasteiger partial charge in [0.15, 0.2) is 0 Å². The van der Waals surface area contributed by atoms with Gasteiger partial charge in [0.2, 0.25) is 0 Å². The van der Waals surface area contributed by atoms with Crippen molar-refractivity contribution in [2.24, 2.45) is 0 Å². The predicted molar refractivity (Wildman–Crippen MR) is 130 cm³/mol. The van der Waals surface area contributed by atoms with Crippen LogP contribution in [-0.4, -0.2) is 74.1 Å². The maximum Gasteiger partial charge on any atom is 0.304 e. The number of aromatic nitrogens is 5. The number of thiazole rings is 2. The first-order valence-electron chi connectivity index (χ1n) is 10.5. The molecular formula is C21H23N5O5S3. The predicted octanol–water partition coefficient (Wildman–Crippen LogP) is 2.77. The number of aliphatic hydroxyl groups excluding tert-OH is 1. The highest BCUT2D eigenvalue weighted by Crippen LogP contribution is 2.42. The van der Waals surface area contributed by atoms with Crippen LogP contribution < -0.4 is 4.87 Å². The standard InChI is InChI=1S/C21H23N5O5S3/c1-10(27)17-18(29-2)16(26-7-13(24-25-26)14-8-32-21(28)23-14)19(30-3)20(31-17)34-11-4-5-12-15(6-11)33-9-22-12/h4-10,16-20,27H,1-3H3,(H,23,28)/t10?,16?,17?,18-,19?,20-/m1/s1. The van der Waals surface area contributed by atoms with E-state index in [2.05, 4.69) is 26.3 Å². The number of thioether (sulfide) groups is 1. The number of benzene rings is 1. The molecule has 180 valence electrons. The van der Waals surface area contributed by atoms with Crippen molar-refractivity contribution in [3.05, 3.63) is 45.0 Å². The molecule has 0 aliphatic carbocycles. The van der Waals surface area contributed by atoms with Gasteiger partial charge in [-0.15, -0.1) is 16.4 Å². The number of aliphatic hydroxyl groups is 1. The molecule has 0 spiro atoms. The number of fused-ring (bicyclic) bond motifs is 1. The summed E-state index contributed by atoms with van der Waals surface area (Å²) in [5.41, 5.74) is 3.43. The highest BCUT2D eigenvalue weighted by Gasteiger charge is 2.50. The molecule has 0 amide bonds. The fraction of sp³-hybridized carbons (Fsp3) is 0.429. The second kappa shape index (κ2) is 9.85. The van der Waals surface area contributed by atoms with Crippen molar-refractivity contribution in [1.29, 1.82) is 0 Å². The summed E-state index contributed by atoms with van der Waals surface area (Å²) in [6, 6.07) is 5.60. The fourth-order valence-electron chi connectivity index (χ4n) is 4.15. The van der Waals surface area contributed by atoms with E-state index in [1.54, 1.807) is 48.7 Å². The van der Waals surface area contributed by atoms with Gasteiger partial charge in [0.05, 0.1) is 33.7 Å². The summed E-state index contributed by atoms with van der Waals surface area (Å²) >= 11 is 4.15. The average Bonchev–Trinajstić information content (AvgIpc) is 3.58. The van der Waals surface area contributed by atoms with Gasteiger partial charge in [0, 0.05) is 24.5 Å². The Labute approximate surface area is 206 Å². The Morgan fingerprint density at radius 2 is 2.09 bits per heavy atom. The monoisotopic (exact) mass is 521 g/mol. The third kappa shape index (κ3) is 4.44. The van der Waals surface area contributed by atoms with Crippen molar-refractivity contribution in [2.75, 3.05) is 14.2 Å². The minimum atomic E-state index is -0.798. The first-order valence-corrected chi connectivity index (χ1v) is 13.1. The summed E-state index contributed by atoms with van der Waals surface area (Å²) in [4.78, 5) is 19.5. The van der Waals surface area contributed by atoms with Crippen LogP contribution in [-0.2, 0) is 14.2 Å². The zero-order valence-corrected chi connectivity index (χ0v) is 21.0. The molecule has 0 saturated carbocycles. The van der Waals surface area contributed by atoms with Crippen molar-refractivity contribution < 1.29 is 19.3 Å². The summed E-state index contributed by atoms with van der Waals surface area (Å²) in [5.74, 6) is 0. The number of nitrogens with zero attached hydrogens (tertiary/aromatic N) is 4. The summed E-state index contributed by atoms with van der Waals surface area (Å²) in [6.07, 6.45) is -0.704. The lowest BCUT2D eigenvalue weighted by Crippen LogP contribution is -2.58. The van der Waals surface area contributed by atoms with Gasteiger partial charge in [-0.05, 0) is 25.1 Å². The Morgan fingerprint density at radius 3 is 2.79 bits per heavy atom. The molecule has 1 aliphatic heterocycles. The van der Waals surface area contributed by atoms with Gasteiger partial charge in [-0.3, -0.25) is 4.79 Å². The van der Waals surface area contributed by atoms with E-state index in [4.69, 9.17) is 14.2 Å². The van der Waals surface area contributed by atoms with E-state index in [1.807, 2.05) is 17.6 Å². The first-order chi connectivity index (χ1) is 16.5. The minimum absolute atomic E-state index is 0.163. The molecule has 1 saturated heterocycles. The highest BCUT2D eigenvalue weighted by molar-refractivity contribution is 7.99. The summed E-state index contributed by atoms with van der Waals surface area (Å²) in [5, 5.41) is 20.8. The molecule has 0 bridgehead atoms. The van der Waals surface area contributed by atoms with Gasteiger partial charge in [-0.1, -0.05) is 28.3 Å². The van der Waals surface area contributed by atoms with Crippen LogP contribution >= 0.6 is 34.4 Å². The van der Waals surface area contributed by atoms with E-state index < -0.39 is 35.9 Å². The summed E-state index contributed by atoms with van der Waals surface area (Å²) < 4.78 is 20.8. The highest BCUT2D eigenvalue weighted by atomic mass is 32.2. The van der Waals surface area contributed by atoms with E-state index in [-0.39, 0.29) is 4.87 Å². The van der Waals surface area contributed by atoms with Crippen LogP contribution in [0.2, 0.25) is 0 Å². The van der Waals surface area contributed by atoms with Crippen LogP contribution in [0.5, 0.6) is 0 Å². The SMILES string of the molecule is COC1C(n2cc(-c3csc(=O)[nH]3)nn2)[C@@H](OC)C(C(C)O)O[C@@H]1Sc1ccc2ncsc2c1. The molecule has 13 heteroatoms. The molecule has 0 radical (unpaired) electrons. The second-order valence-electron chi connectivity index (χ2n) is 7.85. The van der Waals surface area contributed by atoms with E-state index in [0.29, 0.717) is 11.4 Å². The lowest BCUT2D eigenvalue weighted by molar-refractivity contribution is -0.208. The van der Waals surface area contributed by atoms with Gasteiger partial charge >= 0.3 is 4.87 Å². The zero-order valence-electron chi connectivity index (χ0n) is 18.5. The maximum absolute atomic E-state index is 11.6. The van der Waals surface area contributed by atoms with Crippen LogP contribution in [0.15, 0.2) is 45.0 Å². The van der Waals surface area contributed by atoms with Gasteiger partial charge < -0.3 is 24.3 Å². The van der Waals surface area contributed by atoms with Crippen LogP contribution in [0, 0.1) is 0 Å². The van der Waals surface area contributed by atoms with Gasteiger partial charge in [0.1, 0.15) is 35.5 Å². The van der Waals surface area contributed by atoms with E-state index in [0.717, 1.165) is 26.4 Å². The van der Waals surface area contributed by atoms with Gasteiger partial charge in [-0.25, -0.2) is 9.67 Å². The molecule has 3 aromatic heterocycles. The van der Waals surface area contributed by atoms with Crippen LogP contribution in [0.4, 0.5) is 0 Å². The van der Waals surface area contributed by atoms with Crippen LogP contribution in [0.25, 0.3) is 21.6 Å². The lowest BCUT2D eigenvalue weighted by atomic mass is 9.94. The molecule has 1 aliphatic rings. The molecule has 5 rings (SSSR count). The largest absolute Gasteiger partial charge is 0.391 e. The third-order valence-electron chi connectivity index (χ3n) is 5.74. The molecule has 1 fully saturated rings. The number of ether oxygens (including phenoxy) is 3. The molecule has 34 heavy (non-hydrogen) atoms. The van der Waals surface area contributed by atoms with Crippen molar-refractivity contribution in [2.45, 2.75) is 47.7 Å². The quantitative estimate of drug-likeness (QED) is 0.378. The van der Waals surface area contributed by atoms with Gasteiger partial charge in [-0.2, -0.15) is 0 Å². The number of rotatable bonds is 7. The molecule has 4 heterocycles. The number of hydrogen-bond acceptors (Lipinski definition) is 11. The number of hydrogen-bond donors (Lipinski definition) is 2. The molecule has 4 unspecified atom stereocenters. The summed E-state index contributed by atoms with van der Waals surface area (Å²) in [6.45, 7) is 1.68. The third-order valence-corrected chi connectivity index (χ3v) is 8.34. The van der Waals surface area contributed by atoms with E-state index >= 15 is 0 Å². The molecule has 1 aromatic carbocycles. The molecule has 4 aromatic rings. The molecule has 10 nitrogen and oxygen atoms in total. The summed E-state index contributed by atoms with van der Waals surface area (Å²) in [7, 11) is 3.19. The Bertz CT molecular complexity index is 1320. The normalized spacial score (nSPS) is 26.2. The maximum atomic E-state index is 11.6. The lowest BCUT2D eigenvalue weighted by Gasteiger charge is -2.46. The topological polar surface area (TPSA) is 124 Å². The fourth-order valence-corrected chi connectivity index (χ4v) is 6.71.